The molecule has 4 atom stereocenters. The second kappa shape index (κ2) is 4.56. The molecular formula is C15H20N2O2. The van der Waals surface area contributed by atoms with Crippen LogP contribution in [0.1, 0.15) is 45.4 Å². The summed E-state index contributed by atoms with van der Waals surface area (Å²) in [7, 11) is 0. The van der Waals surface area contributed by atoms with Crippen molar-refractivity contribution in [1.82, 2.24) is 9.80 Å². The number of carbonyl (C=O) groups is 2. The van der Waals surface area contributed by atoms with Crippen molar-refractivity contribution in [2.75, 3.05) is 0 Å². The number of rotatable bonds is 2. The smallest absolute Gasteiger partial charge is 0.309 e. The molecule has 0 aromatic rings. The zero-order chi connectivity index (χ0) is 13.6. The summed E-state index contributed by atoms with van der Waals surface area (Å²) in [5, 5.41) is 0. The zero-order valence-electron chi connectivity index (χ0n) is 11.3. The van der Waals surface area contributed by atoms with E-state index in [1.807, 2.05) is 11.8 Å². The minimum absolute atomic E-state index is 0.0258. The number of hydrogen-bond donors (Lipinski definition) is 0. The highest BCUT2D eigenvalue weighted by molar-refractivity contribution is 6.05. The molecule has 0 aromatic carbocycles. The molecule has 19 heavy (non-hydrogen) atoms. The molecule has 3 amide bonds. The Labute approximate surface area is 114 Å². The molecule has 1 aliphatic carbocycles. The van der Waals surface area contributed by atoms with Crippen molar-refractivity contribution < 1.29 is 9.59 Å². The van der Waals surface area contributed by atoms with Crippen LogP contribution in [0.25, 0.3) is 0 Å². The second-order valence-electron chi connectivity index (χ2n) is 6.02. The normalized spacial score (nSPS) is 35.1. The lowest BCUT2D eigenvalue weighted by Gasteiger charge is -2.31. The summed E-state index contributed by atoms with van der Waals surface area (Å²) in [5.74, 6) is 3.06. The fourth-order valence-corrected chi connectivity index (χ4v) is 4.00. The third-order valence-electron chi connectivity index (χ3n) is 4.89. The predicted molar refractivity (Wildman–Crippen MR) is 71.1 cm³/mol. The Morgan fingerprint density at radius 1 is 1.37 bits per heavy atom. The van der Waals surface area contributed by atoms with E-state index >= 15 is 0 Å². The van der Waals surface area contributed by atoms with Crippen molar-refractivity contribution in [3.63, 3.8) is 0 Å². The number of carbonyl (C=O) groups excluding carboxylic acids is 2. The van der Waals surface area contributed by atoms with Gasteiger partial charge in [0.15, 0.2) is 0 Å². The molecule has 0 spiro atoms. The number of hydrogen-bond acceptors (Lipinski definition) is 2. The Balaban J connectivity index is 1.84. The summed E-state index contributed by atoms with van der Waals surface area (Å²) in [6, 6.07) is -0.205. The average Bonchev–Trinajstić information content (AvgIpc) is 2.87. The van der Waals surface area contributed by atoms with Crippen LogP contribution in [0.4, 0.5) is 4.79 Å². The molecule has 3 fully saturated rings. The van der Waals surface area contributed by atoms with Gasteiger partial charge >= 0.3 is 6.03 Å². The molecule has 1 saturated carbocycles. The summed E-state index contributed by atoms with van der Waals surface area (Å²) in [5.41, 5.74) is 0. The SMILES string of the molecule is C#CC[C@H](C)N1C(=O)[C@@H]2C[C@@H]3CCCC[C@H]3N2C1=O. The molecule has 2 heterocycles. The van der Waals surface area contributed by atoms with E-state index in [-0.39, 0.29) is 24.0 Å². The lowest BCUT2D eigenvalue weighted by Crippen LogP contribution is -2.44. The standard InChI is InChI=1S/C15H20N2O2/c1-3-6-10(2)16-14(18)13-9-11-7-4-5-8-12(11)17(13)15(16)19/h1,10-13H,4-9H2,2H3/t10-,11-,12+,13-/m0/s1. The molecule has 3 rings (SSSR count). The van der Waals surface area contributed by atoms with E-state index in [4.69, 9.17) is 6.42 Å². The van der Waals surface area contributed by atoms with Gasteiger partial charge in [-0.05, 0) is 32.1 Å². The van der Waals surface area contributed by atoms with Crippen LogP contribution in [0.15, 0.2) is 0 Å². The molecule has 2 aliphatic heterocycles. The van der Waals surface area contributed by atoms with Crippen LogP contribution in [-0.4, -0.2) is 39.9 Å². The van der Waals surface area contributed by atoms with Gasteiger partial charge in [-0.3, -0.25) is 9.69 Å². The molecule has 2 saturated heterocycles. The Kier molecular flexibility index (Phi) is 3.00. The first kappa shape index (κ1) is 12.5. The first-order chi connectivity index (χ1) is 9.15. The number of nitrogens with zero attached hydrogens (tertiary/aromatic N) is 2. The quantitative estimate of drug-likeness (QED) is 0.563. The molecule has 3 aliphatic rings. The summed E-state index contributed by atoms with van der Waals surface area (Å²) in [4.78, 5) is 28.2. The van der Waals surface area contributed by atoms with E-state index in [1.54, 1.807) is 0 Å². The molecular weight excluding hydrogens is 240 g/mol. The minimum atomic E-state index is -0.208. The highest BCUT2D eigenvalue weighted by Gasteiger charge is 2.56. The van der Waals surface area contributed by atoms with Gasteiger partial charge in [0, 0.05) is 18.5 Å². The van der Waals surface area contributed by atoms with E-state index in [1.165, 1.54) is 17.7 Å². The highest BCUT2D eigenvalue weighted by Crippen LogP contribution is 2.43. The topological polar surface area (TPSA) is 40.6 Å². The van der Waals surface area contributed by atoms with Crippen molar-refractivity contribution in [3.05, 3.63) is 0 Å². The lowest BCUT2D eigenvalue weighted by atomic mass is 9.84. The first-order valence-electron chi connectivity index (χ1n) is 7.24. The number of amides is 3. The third kappa shape index (κ3) is 1.75. The van der Waals surface area contributed by atoms with Crippen LogP contribution >= 0.6 is 0 Å². The summed E-state index contributed by atoms with van der Waals surface area (Å²) in [6.45, 7) is 1.86. The minimum Gasteiger partial charge on any atom is -0.309 e. The van der Waals surface area contributed by atoms with Crippen molar-refractivity contribution in [3.8, 4) is 12.3 Å². The summed E-state index contributed by atoms with van der Waals surface area (Å²) in [6.07, 6.45) is 11.2. The molecule has 0 aromatic heterocycles. The highest BCUT2D eigenvalue weighted by atomic mass is 16.2. The number of imide groups is 1. The average molecular weight is 260 g/mol. The van der Waals surface area contributed by atoms with Crippen LogP contribution in [0.3, 0.4) is 0 Å². The van der Waals surface area contributed by atoms with Crippen LogP contribution in [0.2, 0.25) is 0 Å². The summed E-state index contributed by atoms with van der Waals surface area (Å²) < 4.78 is 0. The van der Waals surface area contributed by atoms with Crippen molar-refractivity contribution in [1.29, 1.82) is 0 Å². The molecule has 0 radical (unpaired) electrons. The van der Waals surface area contributed by atoms with Crippen LogP contribution in [-0.2, 0) is 4.79 Å². The van der Waals surface area contributed by atoms with Gasteiger partial charge in [0.05, 0.1) is 0 Å². The van der Waals surface area contributed by atoms with Gasteiger partial charge in [-0.25, -0.2) is 4.79 Å². The maximum Gasteiger partial charge on any atom is 0.327 e. The van der Waals surface area contributed by atoms with E-state index in [0.29, 0.717) is 18.4 Å². The molecule has 0 N–H and O–H groups in total. The second-order valence-corrected chi connectivity index (χ2v) is 6.02. The number of fused-ring (bicyclic) bond motifs is 3. The van der Waals surface area contributed by atoms with Crippen LogP contribution in [0, 0.1) is 18.3 Å². The molecule has 102 valence electrons. The Morgan fingerprint density at radius 2 is 2.11 bits per heavy atom. The predicted octanol–water partition coefficient (Wildman–Crippen LogP) is 1.99. The Bertz CT molecular complexity index is 454. The molecule has 4 nitrogen and oxygen atoms in total. The van der Waals surface area contributed by atoms with Crippen molar-refractivity contribution >= 4 is 11.9 Å². The zero-order valence-corrected chi connectivity index (χ0v) is 11.3. The van der Waals surface area contributed by atoms with Crippen molar-refractivity contribution in [2.24, 2.45) is 5.92 Å². The van der Waals surface area contributed by atoms with E-state index < -0.39 is 0 Å². The summed E-state index contributed by atoms with van der Waals surface area (Å²) >= 11 is 0. The van der Waals surface area contributed by atoms with Gasteiger partial charge in [-0.1, -0.05) is 12.8 Å². The van der Waals surface area contributed by atoms with E-state index in [9.17, 15) is 9.59 Å². The number of terminal acetylenes is 1. The molecule has 4 heteroatoms. The third-order valence-corrected chi connectivity index (χ3v) is 4.89. The monoisotopic (exact) mass is 260 g/mol. The van der Waals surface area contributed by atoms with Crippen molar-refractivity contribution in [2.45, 2.75) is 63.6 Å². The lowest BCUT2D eigenvalue weighted by molar-refractivity contribution is -0.129. The fraction of sp³-hybridized carbons (Fsp3) is 0.733. The molecule has 0 unspecified atom stereocenters. The Morgan fingerprint density at radius 3 is 2.84 bits per heavy atom. The van der Waals surface area contributed by atoms with Gasteiger partial charge in [-0.15, -0.1) is 12.3 Å². The van der Waals surface area contributed by atoms with Crippen LogP contribution in [0.5, 0.6) is 0 Å². The fourth-order valence-electron chi connectivity index (χ4n) is 4.00. The first-order valence-corrected chi connectivity index (χ1v) is 7.24. The maximum atomic E-state index is 12.5. The van der Waals surface area contributed by atoms with Gasteiger partial charge < -0.3 is 4.90 Å². The number of urea groups is 1. The van der Waals surface area contributed by atoms with Gasteiger partial charge in [0.25, 0.3) is 5.91 Å². The maximum absolute atomic E-state index is 12.5. The molecule has 0 bridgehead atoms. The van der Waals surface area contributed by atoms with E-state index in [0.717, 1.165) is 19.3 Å². The van der Waals surface area contributed by atoms with Crippen LogP contribution < -0.4 is 0 Å². The Hall–Kier alpha value is -1.50. The van der Waals surface area contributed by atoms with E-state index in [2.05, 4.69) is 5.92 Å². The van der Waals surface area contributed by atoms with Gasteiger partial charge in [0.1, 0.15) is 6.04 Å². The van der Waals surface area contributed by atoms with Gasteiger partial charge in [-0.2, -0.15) is 0 Å². The van der Waals surface area contributed by atoms with Gasteiger partial charge in [0.2, 0.25) is 0 Å². The largest absolute Gasteiger partial charge is 0.327 e.